The lowest BCUT2D eigenvalue weighted by molar-refractivity contribution is -0.137. The number of hydrogen-bond acceptors (Lipinski definition) is 8. The lowest BCUT2D eigenvalue weighted by Gasteiger charge is -2.43. The van der Waals surface area contributed by atoms with Crippen molar-refractivity contribution in [1.82, 2.24) is 24.7 Å². The van der Waals surface area contributed by atoms with Crippen LogP contribution < -0.4 is 15.5 Å². The quantitative estimate of drug-likeness (QED) is 0.204. The fourth-order valence-electron chi connectivity index (χ4n) is 6.68. The van der Waals surface area contributed by atoms with Crippen molar-refractivity contribution in [3.63, 3.8) is 0 Å². The molecule has 1 saturated carbocycles. The minimum absolute atomic E-state index is 0.0845. The first-order valence-electron chi connectivity index (χ1n) is 18.2. The molecule has 1 amide bonds. The smallest absolute Gasteiger partial charge is 0.369 e. The molecule has 268 valence electrons. The molecule has 9 nitrogen and oxygen atoms in total. The zero-order chi connectivity index (χ0) is 34.7. The fourth-order valence-corrected chi connectivity index (χ4v) is 6.68. The summed E-state index contributed by atoms with van der Waals surface area (Å²) in [5, 5.41) is 6.12. The summed E-state index contributed by atoms with van der Waals surface area (Å²) in [5.74, 6) is 0.388. The number of rotatable bonds is 14. The third kappa shape index (κ3) is 10.4. The number of nitrogens with zero attached hydrogens (tertiary/aromatic N) is 6. The Morgan fingerprint density at radius 3 is 2.31 bits per heavy atom. The first kappa shape index (κ1) is 37.7. The number of aromatic nitrogens is 2. The predicted octanol–water partition coefficient (Wildman–Crippen LogP) is 7.20. The summed E-state index contributed by atoms with van der Waals surface area (Å²) in [5.41, 5.74) is 2.30. The molecular weight excluding hydrogens is 617 g/mol. The van der Waals surface area contributed by atoms with Crippen LogP contribution in [0.4, 0.5) is 36.3 Å². The van der Waals surface area contributed by atoms with Gasteiger partial charge in [-0.25, -0.2) is 4.98 Å². The van der Waals surface area contributed by atoms with Gasteiger partial charge in [0, 0.05) is 75.8 Å². The Hall–Kier alpha value is -3.12. The van der Waals surface area contributed by atoms with Gasteiger partial charge in [0.15, 0.2) is 0 Å². The van der Waals surface area contributed by atoms with Gasteiger partial charge in [-0.1, -0.05) is 27.7 Å². The number of hydrogen-bond donors (Lipinski definition) is 2. The molecule has 0 unspecified atom stereocenters. The minimum Gasteiger partial charge on any atom is -0.369 e. The number of piperazine rings is 1. The normalized spacial score (nSPS) is 17.9. The van der Waals surface area contributed by atoms with E-state index in [1.807, 2.05) is 33.8 Å². The Morgan fingerprint density at radius 2 is 1.69 bits per heavy atom. The van der Waals surface area contributed by atoms with Crippen LogP contribution in [0, 0.1) is 0 Å². The van der Waals surface area contributed by atoms with Crippen molar-refractivity contribution in [3.05, 3.63) is 35.5 Å². The molecule has 1 aromatic heterocycles. The number of nitrogens with one attached hydrogen (secondary N) is 2. The fraction of sp³-hybridized carbons (Fsp3) is 0.694. The number of piperidine rings is 1. The minimum atomic E-state index is -4.59. The molecule has 0 atom stereocenters. The van der Waals surface area contributed by atoms with Crippen LogP contribution in [-0.2, 0) is 11.0 Å². The van der Waals surface area contributed by atoms with E-state index in [4.69, 9.17) is 0 Å². The summed E-state index contributed by atoms with van der Waals surface area (Å²) in [6.07, 6.45) is 3.52. The van der Waals surface area contributed by atoms with Gasteiger partial charge in [-0.3, -0.25) is 9.69 Å². The van der Waals surface area contributed by atoms with Crippen LogP contribution in [0.25, 0.3) is 0 Å². The van der Waals surface area contributed by atoms with E-state index >= 15 is 0 Å². The molecule has 0 radical (unpaired) electrons. The van der Waals surface area contributed by atoms with Crippen molar-refractivity contribution in [3.8, 4) is 0 Å². The average molecular weight is 675 g/mol. The first-order chi connectivity index (χ1) is 23.2. The van der Waals surface area contributed by atoms with Crippen LogP contribution >= 0.6 is 0 Å². The van der Waals surface area contributed by atoms with Crippen molar-refractivity contribution < 1.29 is 18.0 Å². The second-order valence-corrected chi connectivity index (χ2v) is 13.1. The number of carbonyl (C=O) groups excluding carboxylic acids is 1. The van der Waals surface area contributed by atoms with Crippen LogP contribution in [0.3, 0.4) is 0 Å². The summed E-state index contributed by atoms with van der Waals surface area (Å²) >= 11 is 0. The number of anilines is 4. The summed E-state index contributed by atoms with van der Waals surface area (Å²) in [7, 11) is 2.20. The molecule has 48 heavy (non-hydrogen) atoms. The van der Waals surface area contributed by atoms with E-state index in [2.05, 4.69) is 54.5 Å². The lowest BCUT2D eigenvalue weighted by atomic mass is 10.0. The molecule has 0 bridgehead atoms. The van der Waals surface area contributed by atoms with Crippen LogP contribution in [0.15, 0.2) is 24.4 Å². The highest BCUT2D eigenvalue weighted by molar-refractivity contribution is 5.76. The summed E-state index contributed by atoms with van der Waals surface area (Å²) < 4.78 is 41.6. The zero-order valence-electron chi connectivity index (χ0n) is 29.7. The highest BCUT2D eigenvalue weighted by atomic mass is 19.4. The van der Waals surface area contributed by atoms with E-state index in [-0.39, 0.29) is 24.2 Å². The van der Waals surface area contributed by atoms with E-state index in [1.165, 1.54) is 37.2 Å². The third-order valence-corrected chi connectivity index (χ3v) is 9.48. The van der Waals surface area contributed by atoms with E-state index in [0.717, 1.165) is 63.7 Å². The van der Waals surface area contributed by atoms with Crippen LogP contribution in [-0.4, -0.2) is 103 Å². The van der Waals surface area contributed by atoms with Crippen molar-refractivity contribution in [1.29, 1.82) is 0 Å². The summed E-state index contributed by atoms with van der Waals surface area (Å²) in [6, 6.07) is 7.05. The number of carbonyl (C=O) groups is 1. The van der Waals surface area contributed by atoms with Gasteiger partial charge >= 0.3 is 6.18 Å². The number of benzene rings is 1. The third-order valence-electron chi connectivity index (χ3n) is 9.48. The molecule has 0 spiro atoms. The molecule has 2 N–H and O–H groups in total. The van der Waals surface area contributed by atoms with Gasteiger partial charge in [0.05, 0.1) is 0 Å². The van der Waals surface area contributed by atoms with E-state index in [9.17, 15) is 18.0 Å². The molecule has 1 aliphatic carbocycles. The van der Waals surface area contributed by atoms with Crippen molar-refractivity contribution >= 4 is 29.0 Å². The second-order valence-electron chi connectivity index (χ2n) is 13.1. The van der Waals surface area contributed by atoms with Gasteiger partial charge in [-0.15, -0.1) is 0 Å². The highest BCUT2D eigenvalue weighted by Crippen LogP contribution is 2.45. The SMILES string of the molecule is CC.CCCC(=O)N(CCC)CCCNc1nc(Nc2ccc(N3CCN(C4CCN(C)CC4)CC3)cc2C2CC2)ncc1C(F)(F)F. The lowest BCUT2D eigenvalue weighted by Crippen LogP contribution is -2.53. The Labute approximate surface area is 285 Å². The van der Waals surface area contributed by atoms with Crippen LogP contribution in [0.2, 0.25) is 0 Å². The summed E-state index contributed by atoms with van der Waals surface area (Å²) in [6.45, 7) is 15.8. The Balaban J connectivity index is 0.00000255. The predicted molar refractivity (Wildman–Crippen MR) is 189 cm³/mol. The highest BCUT2D eigenvalue weighted by Gasteiger charge is 2.36. The molecule has 2 aromatic rings. The topological polar surface area (TPSA) is 79.9 Å². The van der Waals surface area contributed by atoms with Gasteiger partial charge in [0.2, 0.25) is 11.9 Å². The average Bonchev–Trinajstić information content (AvgIpc) is 3.93. The number of halogens is 3. The molecular formula is C36H57F3N8O. The van der Waals surface area contributed by atoms with Crippen LogP contribution in [0.5, 0.6) is 0 Å². The second kappa shape index (κ2) is 18.0. The first-order valence-corrected chi connectivity index (χ1v) is 18.2. The van der Waals surface area contributed by atoms with E-state index < -0.39 is 11.7 Å². The molecule has 12 heteroatoms. The van der Waals surface area contributed by atoms with Crippen molar-refractivity contribution in [2.45, 2.75) is 97.2 Å². The summed E-state index contributed by atoms with van der Waals surface area (Å²) in [4.78, 5) is 30.1. The van der Waals surface area contributed by atoms with Crippen LogP contribution in [0.1, 0.15) is 96.1 Å². The van der Waals surface area contributed by atoms with Gasteiger partial charge in [0.1, 0.15) is 11.4 Å². The van der Waals surface area contributed by atoms with Crippen molar-refractivity contribution in [2.24, 2.45) is 0 Å². The van der Waals surface area contributed by atoms with E-state index in [0.29, 0.717) is 37.9 Å². The number of likely N-dealkylation sites (tertiary alicyclic amines) is 1. The Kier molecular flexibility index (Phi) is 14.2. The standard InChI is InChI=1S/C34H51F3N8O.C2H6/c1-4-7-31(46)45(15-5-2)16-6-14-38-32-29(34(35,36)37)24-39-33(41-32)40-30-11-10-27(23-28(30)25-8-9-25)44-21-19-43(20-22-44)26-12-17-42(3)18-13-26;1-2/h10-11,23-26H,4-9,12-22H2,1-3H3,(H2,38,39,40,41);1-2H3. The molecule has 3 fully saturated rings. The maximum Gasteiger partial charge on any atom is 0.421 e. The monoisotopic (exact) mass is 674 g/mol. The van der Waals surface area contributed by atoms with Crippen molar-refractivity contribution in [2.75, 3.05) is 81.5 Å². The zero-order valence-corrected chi connectivity index (χ0v) is 29.7. The largest absolute Gasteiger partial charge is 0.421 e. The number of alkyl halides is 3. The Bertz CT molecular complexity index is 1290. The maximum atomic E-state index is 13.9. The molecule has 2 saturated heterocycles. The number of amides is 1. The van der Waals surface area contributed by atoms with Gasteiger partial charge in [-0.2, -0.15) is 18.2 Å². The van der Waals surface area contributed by atoms with Gasteiger partial charge in [0.25, 0.3) is 0 Å². The maximum absolute atomic E-state index is 13.9. The van der Waals surface area contributed by atoms with Gasteiger partial charge < -0.3 is 25.3 Å². The Morgan fingerprint density at radius 1 is 0.979 bits per heavy atom. The molecule has 3 heterocycles. The van der Waals surface area contributed by atoms with E-state index in [1.54, 1.807) is 4.90 Å². The molecule has 1 aromatic carbocycles. The van der Waals surface area contributed by atoms with Gasteiger partial charge in [-0.05, 0) is 94.8 Å². The molecule has 5 rings (SSSR count). The molecule has 2 aliphatic heterocycles. The molecule has 3 aliphatic rings.